The van der Waals surface area contributed by atoms with Crippen LogP contribution in [-0.4, -0.2) is 20.9 Å². The summed E-state index contributed by atoms with van der Waals surface area (Å²) in [4.78, 5) is 12.8. The van der Waals surface area contributed by atoms with Gasteiger partial charge in [0.15, 0.2) is 0 Å². The van der Waals surface area contributed by atoms with Gasteiger partial charge >= 0.3 is 0 Å². The highest BCUT2D eigenvalue weighted by Crippen LogP contribution is 2.34. The molecule has 0 spiro atoms. The Hall–Kier alpha value is -2.54. The molecule has 1 heterocycles. The number of sulfonamides is 1. The number of hydrogen-bond acceptors (Lipinski definition) is 3. The molecule has 30 heavy (non-hydrogen) atoms. The summed E-state index contributed by atoms with van der Waals surface area (Å²) < 4.78 is 27.6. The first-order valence-electron chi connectivity index (χ1n) is 9.33. The molecule has 0 unspecified atom stereocenters. The van der Waals surface area contributed by atoms with E-state index in [2.05, 4.69) is 5.32 Å². The number of halogens is 2. The van der Waals surface area contributed by atoms with Crippen LogP contribution >= 0.6 is 23.2 Å². The van der Waals surface area contributed by atoms with E-state index in [0.717, 1.165) is 12.0 Å². The first kappa shape index (κ1) is 20.7. The van der Waals surface area contributed by atoms with E-state index in [1.54, 1.807) is 54.6 Å². The van der Waals surface area contributed by atoms with Gasteiger partial charge in [-0.3, -0.25) is 9.10 Å². The molecule has 0 aliphatic carbocycles. The van der Waals surface area contributed by atoms with Crippen molar-refractivity contribution in [1.29, 1.82) is 0 Å². The van der Waals surface area contributed by atoms with Gasteiger partial charge in [0.25, 0.3) is 15.9 Å². The molecule has 3 aromatic carbocycles. The second-order valence-corrected chi connectivity index (χ2v) is 9.60. The highest BCUT2D eigenvalue weighted by Gasteiger charge is 2.29. The molecular formula is C22H18Cl2N2O3S. The number of nitrogens with zero attached hydrogens (tertiary/aromatic N) is 1. The van der Waals surface area contributed by atoms with Crippen molar-refractivity contribution in [3.8, 4) is 0 Å². The summed E-state index contributed by atoms with van der Waals surface area (Å²) in [6.45, 7) is 0.416. The maximum absolute atomic E-state index is 13.1. The molecule has 1 N–H and O–H groups in total. The van der Waals surface area contributed by atoms with E-state index in [9.17, 15) is 13.2 Å². The van der Waals surface area contributed by atoms with Gasteiger partial charge in [-0.2, -0.15) is 0 Å². The van der Waals surface area contributed by atoms with Crippen molar-refractivity contribution in [1.82, 2.24) is 0 Å². The van der Waals surface area contributed by atoms with Crippen LogP contribution in [0.1, 0.15) is 22.3 Å². The van der Waals surface area contributed by atoms with Gasteiger partial charge in [-0.1, -0.05) is 41.4 Å². The van der Waals surface area contributed by atoms with E-state index in [1.807, 2.05) is 6.07 Å². The lowest BCUT2D eigenvalue weighted by Gasteiger charge is -2.30. The maximum atomic E-state index is 13.1. The fourth-order valence-corrected chi connectivity index (χ4v) is 5.31. The summed E-state index contributed by atoms with van der Waals surface area (Å²) in [6, 6.07) is 18.3. The number of amides is 1. The van der Waals surface area contributed by atoms with Crippen LogP contribution in [0.4, 0.5) is 11.4 Å². The molecule has 3 aromatic rings. The lowest BCUT2D eigenvalue weighted by molar-refractivity contribution is 0.102. The quantitative estimate of drug-likeness (QED) is 0.567. The molecule has 0 aromatic heterocycles. The Morgan fingerprint density at radius 1 is 0.933 bits per heavy atom. The Bertz CT molecular complexity index is 1210. The summed E-state index contributed by atoms with van der Waals surface area (Å²) in [5.74, 6) is -0.321. The van der Waals surface area contributed by atoms with Gasteiger partial charge in [-0.15, -0.1) is 0 Å². The zero-order valence-corrected chi connectivity index (χ0v) is 18.1. The Kier molecular flexibility index (Phi) is 5.73. The first-order chi connectivity index (χ1) is 14.4. The second kappa shape index (κ2) is 8.30. The largest absolute Gasteiger partial charge is 0.322 e. The van der Waals surface area contributed by atoms with Gasteiger partial charge < -0.3 is 5.32 Å². The van der Waals surface area contributed by atoms with Crippen LogP contribution in [0, 0.1) is 0 Å². The van der Waals surface area contributed by atoms with Crippen molar-refractivity contribution < 1.29 is 13.2 Å². The Morgan fingerprint density at radius 3 is 2.43 bits per heavy atom. The maximum Gasteiger partial charge on any atom is 0.264 e. The standard InChI is InChI=1S/C22H18Cl2N2O3S/c23-19-10-8-16(14-20(19)24)22(27)25-17-9-11-21-15(13-17)5-4-12-26(21)30(28,29)18-6-2-1-3-7-18/h1-3,6-11,13-14H,4-5,12H2,(H,25,27). The summed E-state index contributed by atoms with van der Waals surface area (Å²) >= 11 is 11.9. The Balaban J connectivity index is 1.60. The average molecular weight is 461 g/mol. The van der Waals surface area contributed by atoms with E-state index in [1.165, 1.54) is 10.4 Å². The first-order valence-corrected chi connectivity index (χ1v) is 11.5. The summed E-state index contributed by atoms with van der Waals surface area (Å²) in [5, 5.41) is 3.51. The summed E-state index contributed by atoms with van der Waals surface area (Å²) in [7, 11) is -3.64. The van der Waals surface area contributed by atoms with Gasteiger partial charge in [0.05, 0.1) is 20.6 Å². The van der Waals surface area contributed by atoms with Gasteiger partial charge in [-0.25, -0.2) is 8.42 Å². The second-order valence-electron chi connectivity index (χ2n) is 6.92. The predicted molar refractivity (Wildman–Crippen MR) is 120 cm³/mol. The Morgan fingerprint density at radius 2 is 1.70 bits per heavy atom. The fourth-order valence-electron chi connectivity index (χ4n) is 3.45. The monoisotopic (exact) mass is 460 g/mol. The molecule has 0 saturated carbocycles. The van der Waals surface area contributed by atoms with Gasteiger partial charge in [0.2, 0.25) is 0 Å². The van der Waals surface area contributed by atoms with E-state index < -0.39 is 10.0 Å². The highest BCUT2D eigenvalue weighted by atomic mass is 35.5. The molecule has 5 nitrogen and oxygen atoms in total. The zero-order chi connectivity index (χ0) is 21.3. The van der Waals surface area contributed by atoms with Gasteiger partial charge in [0.1, 0.15) is 0 Å². The van der Waals surface area contributed by atoms with Crippen molar-refractivity contribution in [2.24, 2.45) is 0 Å². The van der Waals surface area contributed by atoms with Crippen LogP contribution in [0.2, 0.25) is 10.0 Å². The number of benzene rings is 3. The number of nitrogens with one attached hydrogen (secondary N) is 1. The minimum atomic E-state index is -3.64. The van der Waals surface area contributed by atoms with Crippen LogP contribution in [0.5, 0.6) is 0 Å². The van der Waals surface area contributed by atoms with Crippen LogP contribution in [0.25, 0.3) is 0 Å². The van der Waals surface area contributed by atoms with Crippen molar-refractivity contribution in [2.75, 3.05) is 16.2 Å². The third kappa shape index (κ3) is 4.03. The molecule has 0 atom stereocenters. The van der Waals surface area contributed by atoms with Crippen LogP contribution in [0.15, 0.2) is 71.6 Å². The van der Waals surface area contributed by atoms with Crippen LogP contribution < -0.4 is 9.62 Å². The molecule has 0 radical (unpaired) electrons. The van der Waals surface area contributed by atoms with E-state index in [-0.39, 0.29) is 10.8 Å². The third-order valence-electron chi connectivity index (χ3n) is 4.93. The van der Waals surface area contributed by atoms with Crippen LogP contribution in [-0.2, 0) is 16.4 Å². The lowest BCUT2D eigenvalue weighted by atomic mass is 10.0. The van der Waals surface area contributed by atoms with E-state index >= 15 is 0 Å². The van der Waals surface area contributed by atoms with E-state index in [0.29, 0.717) is 39.9 Å². The summed E-state index contributed by atoms with van der Waals surface area (Å²) in [6.07, 6.45) is 1.43. The molecule has 1 aliphatic rings. The molecule has 1 amide bonds. The van der Waals surface area contributed by atoms with E-state index in [4.69, 9.17) is 23.2 Å². The molecule has 0 bridgehead atoms. The van der Waals surface area contributed by atoms with Gasteiger partial charge in [-0.05, 0) is 66.9 Å². The topological polar surface area (TPSA) is 66.5 Å². The van der Waals surface area contributed by atoms with Gasteiger partial charge in [0, 0.05) is 17.8 Å². The number of anilines is 2. The van der Waals surface area contributed by atoms with Crippen molar-refractivity contribution in [3.63, 3.8) is 0 Å². The normalized spacial score (nSPS) is 13.6. The highest BCUT2D eigenvalue weighted by molar-refractivity contribution is 7.92. The SMILES string of the molecule is O=C(Nc1ccc2c(c1)CCCN2S(=O)(=O)c1ccccc1)c1ccc(Cl)c(Cl)c1. The third-order valence-corrected chi connectivity index (χ3v) is 7.49. The minimum Gasteiger partial charge on any atom is -0.322 e. The molecule has 154 valence electrons. The number of carbonyl (C=O) groups excluding carboxylic acids is 1. The molecule has 1 aliphatic heterocycles. The van der Waals surface area contributed by atoms with Crippen LogP contribution in [0.3, 0.4) is 0 Å². The number of hydrogen-bond donors (Lipinski definition) is 1. The van der Waals surface area contributed by atoms with Crippen molar-refractivity contribution >= 4 is 50.5 Å². The molecule has 4 rings (SSSR count). The lowest BCUT2D eigenvalue weighted by Crippen LogP contribution is -2.35. The van der Waals surface area contributed by atoms with Crippen molar-refractivity contribution in [3.05, 3.63) is 87.9 Å². The smallest absolute Gasteiger partial charge is 0.264 e. The Labute approximate surface area is 185 Å². The molecule has 0 saturated heterocycles. The minimum absolute atomic E-state index is 0.259. The van der Waals surface area contributed by atoms with Crippen molar-refractivity contribution in [2.45, 2.75) is 17.7 Å². The molecular weight excluding hydrogens is 443 g/mol. The fraction of sp³-hybridized carbons (Fsp3) is 0.136. The number of rotatable bonds is 4. The number of aryl methyl sites for hydroxylation is 1. The molecule has 0 fully saturated rings. The average Bonchev–Trinajstić information content (AvgIpc) is 2.75. The molecule has 8 heteroatoms. The summed E-state index contributed by atoms with van der Waals surface area (Å²) in [5.41, 5.74) is 2.48. The number of carbonyl (C=O) groups is 1. The zero-order valence-electron chi connectivity index (χ0n) is 15.8. The predicted octanol–water partition coefficient (Wildman–Crippen LogP) is 5.39. The number of fused-ring (bicyclic) bond motifs is 1.